The zero-order valence-electron chi connectivity index (χ0n) is 17.6. The number of halogens is 1. The second kappa shape index (κ2) is 8.94. The van der Waals surface area contributed by atoms with Gasteiger partial charge in [-0.05, 0) is 54.6 Å². The van der Waals surface area contributed by atoms with Gasteiger partial charge in [-0.1, -0.05) is 24.3 Å². The fourth-order valence-corrected chi connectivity index (χ4v) is 4.94. The number of rotatable bonds is 7. The van der Waals surface area contributed by atoms with Gasteiger partial charge in [0.2, 0.25) is 0 Å². The van der Waals surface area contributed by atoms with Crippen molar-refractivity contribution in [1.82, 2.24) is 14.3 Å². The second-order valence-corrected chi connectivity index (χ2v) is 9.00. The van der Waals surface area contributed by atoms with E-state index in [9.17, 15) is 12.8 Å². The highest BCUT2D eigenvalue weighted by Gasteiger charge is 2.23. The summed E-state index contributed by atoms with van der Waals surface area (Å²) in [5.74, 6) is 0.0778. The summed E-state index contributed by atoms with van der Waals surface area (Å²) in [5.41, 5.74) is 2.60. The van der Waals surface area contributed by atoms with Crippen LogP contribution in [0, 0.1) is 5.82 Å². The molecule has 4 aromatic rings. The number of benzene rings is 2. The molecule has 0 bridgehead atoms. The molecule has 0 atom stereocenters. The van der Waals surface area contributed by atoms with Crippen LogP contribution in [0.15, 0.2) is 84.1 Å². The van der Waals surface area contributed by atoms with E-state index in [2.05, 4.69) is 10.3 Å². The van der Waals surface area contributed by atoms with Gasteiger partial charge in [0.05, 0.1) is 23.9 Å². The smallest absolute Gasteiger partial charge is 0.268 e. The lowest BCUT2D eigenvalue weighted by atomic mass is 10.1. The van der Waals surface area contributed by atoms with Crippen molar-refractivity contribution in [3.63, 3.8) is 0 Å². The van der Waals surface area contributed by atoms with Gasteiger partial charge in [-0.25, -0.2) is 16.8 Å². The van der Waals surface area contributed by atoms with Crippen molar-refractivity contribution in [1.29, 1.82) is 0 Å². The van der Waals surface area contributed by atoms with E-state index in [1.165, 1.54) is 18.3 Å². The number of pyridine rings is 1. The highest BCUT2D eigenvalue weighted by atomic mass is 32.2. The largest absolute Gasteiger partial charge is 0.495 e. The van der Waals surface area contributed by atoms with Crippen molar-refractivity contribution >= 4 is 10.0 Å². The maximum atomic E-state index is 14.6. The second-order valence-electron chi connectivity index (χ2n) is 7.19. The van der Waals surface area contributed by atoms with Crippen LogP contribution in [0.4, 0.5) is 4.39 Å². The summed E-state index contributed by atoms with van der Waals surface area (Å²) in [4.78, 5) is 4.23. The van der Waals surface area contributed by atoms with Crippen LogP contribution in [0.5, 0.6) is 5.75 Å². The molecule has 2 aromatic carbocycles. The Kier molecular flexibility index (Phi) is 6.07. The minimum absolute atomic E-state index is 0.0852. The quantitative estimate of drug-likeness (QED) is 0.453. The van der Waals surface area contributed by atoms with Gasteiger partial charge in [-0.15, -0.1) is 0 Å². The Morgan fingerprint density at radius 2 is 1.84 bits per heavy atom. The third-order valence-electron chi connectivity index (χ3n) is 5.05. The summed E-state index contributed by atoms with van der Waals surface area (Å²) in [6.45, 7) is 0.444. The highest BCUT2D eigenvalue weighted by Crippen LogP contribution is 2.31. The van der Waals surface area contributed by atoms with Crippen molar-refractivity contribution < 1.29 is 17.5 Å². The minimum atomic E-state index is -4.01. The monoisotopic (exact) mass is 451 g/mol. The fourth-order valence-electron chi connectivity index (χ4n) is 3.50. The number of nitrogens with zero attached hydrogens (tertiary/aromatic N) is 2. The van der Waals surface area contributed by atoms with E-state index in [1.807, 2.05) is 0 Å². The summed E-state index contributed by atoms with van der Waals surface area (Å²) >= 11 is 0. The number of aromatic nitrogens is 2. The first-order valence-electron chi connectivity index (χ1n) is 9.90. The lowest BCUT2D eigenvalue weighted by Crippen LogP contribution is -2.14. The molecule has 4 rings (SSSR count). The van der Waals surface area contributed by atoms with E-state index >= 15 is 0 Å². The lowest BCUT2D eigenvalue weighted by molar-refractivity contribution is 0.413. The van der Waals surface area contributed by atoms with Crippen LogP contribution in [0.3, 0.4) is 0 Å². The highest BCUT2D eigenvalue weighted by molar-refractivity contribution is 7.90. The van der Waals surface area contributed by atoms with Crippen LogP contribution >= 0.6 is 0 Å². The molecule has 0 fully saturated rings. The van der Waals surface area contributed by atoms with Gasteiger partial charge in [0.1, 0.15) is 11.6 Å². The molecule has 0 aliphatic carbocycles. The zero-order chi connectivity index (χ0) is 22.7. The molecule has 8 heteroatoms. The van der Waals surface area contributed by atoms with Gasteiger partial charge < -0.3 is 10.1 Å². The number of nitrogens with one attached hydrogen (secondary N) is 1. The molecule has 0 spiro atoms. The van der Waals surface area contributed by atoms with Crippen LogP contribution in [0.2, 0.25) is 0 Å². The molecule has 2 heterocycles. The summed E-state index contributed by atoms with van der Waals surface area (Å²) < 4.78 is 48.2. The molecule has 1 N–H and O–H groups in total. The lowest BCUT2D eigenvalue weighted by Gasteiger charge is -2.12. The Balaban J connectivity index is 1.85. The Morgan fingerprint density at radius 1 is 1.03 bits per heavy atom. The van der Waals surface area contributed by atoms with Gasteiger partial charge in [0, 0.05) is 30.1 Å². The molecule has 0 unspecified atom stereocenters. The van der Waals surface area contributed by atoms with Crippen LogP contribution in [0.1, 0.15) is 5.56 Å². The molecule has 0 aliphatic rings. The average Bonchev–Trinajstić information content (AvgIpc) is 3.24. The van der Waals surface area contributed by atoms with Crippen LogP contribution in [-0.2, 0) is 16.6 Å². The summed E-state index contributed by atoms with van der Waals surface area (Å²) in [6.07, 6.45) is 4.74. The van der Waals surface area contributed by atoms with Gasteiger partial charge >= 0.3 is 0 Å². The van der Waals surface area contributed by atoms with E-state index in [1.54, 1.807) is 75.1 Å². The van der Waals surface area contributed by atoms with Crippen LogP contribution < -0.4 is 10.1 Å². The number of ether oxygens (including phenoxy) is 1. The van der Waals surface area contributed by atoms with E-state index in [4.69, 9.17) is 4.74 Å². The molecular formula is C24H22FN3O3S. The maximum absolute atomic E-state index is 14.6. The third-order valence-corrected chi connectivity index (χ3v) is 6.72. The van der Waals surface area contributed by atoms with Crippen molar-refractivity contribution in [2.75, 3.05) is 14.2 Å². The molecule has 164 valence electrons. The predicted molar refractivity (Wildman–Crippen MR) is 121 cm³/mol. The van der Waals surface area contributed by atoms with Crippen molar-refractivity contribution in [3.8, 4) is 28.1 Å². The molecule has 0 saturated heterocycles. The SMILES string of the molecule is CNCc1cc(-c2ccccc2F)n(S(=O)(=O)c2cccc(-c3cncc(OC)c3)c2)c1. The van der Waals surface area contributed by atoms with E-state index < -0.39 is 15.8 Å². The maximum Gasteiger partial charge on any atom is 0.268 e. The topological polar surface area (TPSA) is 73.2 Å². The first kappa shape index (κ1) is 21.7. The predicted octanol–water partition coefficient (Wildman–Crippen LogP) is 4.32. The van der Waals surface area contributed by atoms with E-state index in [0.717, 1.165) is 15.1 Å². The first-order valence-corrected chi connectivity index (χ1v) is 11.3. The van der Waals surface area contributed by atoms with E-state index in [0.29, 0.717) is 17.9 Å². The van der Waals surface area contributed by atoms with E-state index in [-0.39, 0.29) is 16.2 Å². The van der Waals surface area contributed by atoms with Crippen molar-refractivity contribution in [2.45, 2.75) is 11.4 Å². The molecular weight excluding hydrogens is 429 g/mol. The normalized spacial score (nSPS) is 11.5. The third kappa shape index (κ3) is 4.15. The van der Waals surface area contributed by atoms with Crippen molar-refractivity contribution in [3.05, 3.63) is 90.6 Å². The molecule has 0 amide bonds. The standard InChI is InChI=1S/C24H22FN3O3S/c1-26-13-17-10-24(22-8-3-4-9-23(22)25)28(16-17)32(29,30)21-7-5-6-18(12-21)19-11-20(31-2)15-27-14-19/h3-12,14-16,26H,13H2,1-2H3. The number of hydrogen-bond donors (Lipinski definition) is 1. The van der Waals surface area contributed by atoms with Crippen LogP contribution in [-0.4, -0.2) is 31.5 Å². The molecule has 0 saturated carbocycles. The zero-order valence-corrected chi connectivity index (χ0v) is 18.4. The molecule has 32 heavy (non-hydrogen) atoms. The van der Waals surface area contributed by atoms with Gasteiger partial charge in [-0.3, -0.25) is 4.98 Å². The van der Waals surface area contributed by atoms with Gasteiger partial charge in [-0.2, -0.15) is 0 Å². The minimum Gasteiger partial charge on any atom is -0.495 e. The number of hydrogen-bond acceptors (Lipinski definition) is 5. The Hall–Kier alpha value is -3.49. The van der Waals surface area contributed by atoms with Crippen LogP contribution in [0.25, 0.3) is 22.4 Å². The summed E-state index contributed by atoms with van der Waals surface area (Å²) in [6, 6.07) is 16.2. The Morgan fingerprint density at radius 3 is 2.59 bits per heavy atom. The Labute approximate surface area is 186 Å². The summed E-state index contributed by atoms with van der Waals surface area (Å²) in [7, 11) is -0.701. The number of methoxy groups -OCH3 is 1. The summed E-state index contributed by atoms with van der Waals surface area (Å²) in [5, 5.41) is 3.00. The molecule has 0 aliphatic heterocycles. The molecule has 2 aromatic heterocycles. The molecule has 0 radical (unpaired) electrons. The van der Waals surface area contributed by atoms with Crippen molar-refractivity contribution in [2.24, 2.45) is 0 Å². The fraction of sp³-hybridized carbons (Fsp3) is 0.125. The van der Waals surface area contributed by atoms with Gasteiger partial charge in [0.25, 0.3) is 10.0 Å². The Bertz CT molecular complexity index is 1370. The molecule has 6 nitrogen and oxygen atoms in total. The average molecular weight is 452 g/mol. The first-order chi connectivity index (χ1) is 15.4. The van der Waals surface area contributed by atoms with Gasteiger partial charge in [0.15, 0.2) is 0 Å².